The molecule has 0 spiro atoms. The van der Waals surface area contributed by atoms with Gasteiger partial charge in [-0.2, -0.15) is 13.2 Å². The van der Waals surface area contributed by atoms with Crippen molar-refractivity contribution in [2.45, 2.75) is 251 Å². The van der Waals surface area contributed by atoms with E-state index in [1.165, 1.54) is 155 Å². The van der Waals surface area contributed by atoms with Crippen molar-refractivity contribution in [3.8, 4) is 0 Å². The smallest absolute Gasteiger partial charge is 0.386 e. The van der Waals surface area contributed by atoms with Crippen molar-refractivity contribution in [3.05, 3.63) is 505 Å². The molecule has 0 atom stereocenters. The monoisotopic (exact) mass is 1850 g/mol. The summed E-state index contributed by atoms with van der Waals surface area (Å²) in [6.07, 6.45) is 123. The van der Waals surface area contributed by atoms with Gasteiger partial charge in [-0.25, -0.2) is 0 Å². The van der Waals surface area contributed by atoms with Gasteiger partial charge in [-0.15, -0.1) is 0 Å². The molecule has 138 heavy (non-hydrogen) atoms. The van der Waals surface area contributed by atoms with Gasteiger partial charge in [0.15, 0.2) is 11.5 Å². The molecule has 20 aliphatic rings. The molecule has 728 valence electrons. The van der Waals surface area contributed by atoms with Crippen LogP contribution in [0.3, 0.4) is 0 Å². The number of ether oxygens (including phenoxy) is 3. The molecule has 2 heterocycles. The molecule has 3 nitrogen and oxygen atoms in total. The molecule has 0 amide bonds. The average Bonchev–Trinajstić information content (AvgIpc) is 1.70. The molecule has 0 unspecified atom stereocenters. The first-order valence-corrected chi connectivity index (χ1v) is 50.5. The van der Waals surface area contributed by atoms with Gasteiger partial charge in [0.2, 0.25) is 0 Å². The predicted molar refractivity (Wildman–Crippen MR) is 599 cm³/mol. The van der Waals surface area contributed by atoms with Gasteiger partial charge in [-0.1, -0.05) is 477 Å². The summed E-state index contributed by atoms with van der Waals surface area (Å²) in [4.78, 5) is 0. The Bertz CT molecular complexity index is 4910. The number of hydrogen-bond donors (Lipinski definition) is 0. The van der Waals surface area contributed by atoms with Crippen LogP contribution in [0.25, 0.3) is 28.9 Å². The SMILES string of the molecule is C1=C2COC2=CC1.C1=C2OCCOC2=CC1.C1=CC(C2CCCCC2)=CC1.C1=CC(c2ccccc2)=CC1.C1=CC(c2ccccc2)=CC1.C1=CC(c2ccccc2)=CC1.C1=c2ccccc2=CC1.CC.CC(F)(F)F.CC1=CCC=C1.CC1=CCC=C1.CC1=CCC=C1.CC1=CCC=C1.CC1=CCC=C1.CC1=CCC=C1.CC1=CCC=C1.CC1=CCC=C1.CC1=CCC=C1C.CC1=CCC=C1C. The van der Waals surface area contributed by atoms with E-state index in [1.54, 1.807) is 5.57 Å². The van der Waals surface area contributed by atoms with E-state index < -0.39 is 6.18 Å². The lowest BCUT2D eigenvalue weighted by Crippen LogP contribution is -2.19. The zero-order chi connectivity index (χ0) is 99.3. The van der Waals surface area contributed by atoms with Crippen LogP contribution in [-0.2, 0) is 14.2 Å². The highest BCUT2D eigenvalue weighted by atomic mass is 19.4. The fourth-order valence-corrected chi connectivity index (χ4v) is 15.3. The summed E-state index contributed by atoms with van der Waals surface area (Å²) >= 11 is 0. The summed E-state index contributed by atoms with van der Waals surface area (Å²) < 4.78 is 46.6. The van der Waals surface area contributed by atoms with Crippen molar-refractivity contribution >= 4 is 28.9 Å². The Morgan fingerprint density at radius 3 is 0.688 bits per heavy atom. The van der Waals surface area contributed by atoms with E-state index in [0.29, 0.717) is 13.2 Å². The van der Waals surface area contributed by atoms with E-state index in [1.807, 2.05) is 44.2 Å². The highest BCUT2D eigenvalue weighted by Crippen LogP contribution is 2.34. The van der Waals surface area contributed by atoms with E-state index in [4.69, 9.17) is 14.2 Å². The van der Waals surface area contributed by atoms with E-state index in [2.05, 4.69) is 447 Å². The molecule has 0 N–H and O–H groups in total. The summed E-state index contributed by atoms with van der Waals surface area (Å²) in [5.74, 6) is 3.91. The van der Waals surface area contributed by atoms with Crippen molar-refractivity contribution in [2.24, 2.45) is 5.92 Å². The molecule has 4 aromatic carbocycles. The van der Waals surface area contributed by atoms with Crippen LogP contribution >= 0.6 is 0 Å². The number of allylic oxidation sites excluding steroid dienone is 60. The van der Waals surface area contributed by atoms with Crippen LogP contribution < -0.4 is 10.4 Å². The molecule has 2 saturated heterocycles. The molecule has 3 fully saturated rings. The second-order valence-electron chi connectivity index (χ2n) is 35.3. The highest BCUT2D eigenvalue weighted by Gasteiger charge is 2.21. The van der Waals surface area contributed by atoms with Gasteiger partial charge >= 0.3 is 6.18 Å². The number of alkyl halides is 3. The molecule has 18 aliphatic carbocycles. The van der Waals surface area contributed by atoms with Crippen LogP contribution in [0.15, 0.2) is 478 Å². The Morgan fingerprint density at radius 2 is 0.486 bits per heavy atom. The van der Waals surface area contributed by atoms with Crippen molar-refractivity contribution in [1.82, 2.24) is 0 Å². The zero-order valence-electron chi connectivity index (χ0n) is 86.1. The summed E-state index contributed by atoms with van der Waals surface area (Å²) in [5, 5.41) is 2.77. The van der Waals surface area contributed by atoms with Crippen LogP contribution in [0, 0.1) is 5.92 Å². The van der Waals surface area contributed by atoms with E-state index in [0.717, 1.165) is 133 Å². The molecular weight excluding hydrogens is 1690 g/mol. The molecule has 24 rings (SSSR count). The third-order valence-corrected chi connectivity index (χ3v) is 23.6. The second-order valence-corrected chi connectivity index (χ2v) is 35.3. The van der Waals surface area contributed by atoms with Crippen LogP contribution in [0.5, 0.6) is 0 Å². The van der Waals surface area contributed by atoms with Gasteiger partial charge in [0.05, 0.1) is 0 Å². The molecular formula is C132H161F3O3. The molecule has 1 saturated carbocycles. The first-order chi connectivity index (χ1) is 67.0. The third-order valence-electron chi connectivity index (χ3n) is 23.6. The largest absolute Gasteiger partial charge is 0.489 e. The van der Waals surface area contributed by atoms with Crippen LogP contribution in [0.4, 0.5) is 13.2 Å². The van der Waals surface area contributed by atoms with Crippen molar-refractivity contribution in [2.75, 3.05) is 19.8 Å². The van der Waals surface area contributed by atoms with E-state index >= 15 is 0 Å². The minimum absolute atomic E-state index is 0.188. The average molecular weight is 1850 g/mol. The Hall–Kier alpha value is -12.5. The lowest BCUT2D eigenvalue weighted by atomic mass is 9.84. The Kier molecular flexibility index (Phi) is 58.1. The van der Waals surface area contributed by atoms with Gasteiger partial charge in [-0.3, -0.25) is 0 Å². The first-order valence-electron chi connectivity index (χ1n) is 50.5. The minimum atomic E-state index is -4.00. The van der Waals surface area contributed by atoms with E-state index in [9.17, 15) is 13.2 Å². The number of benzene rings is 4. The molecule has 0 aromatic heterocycles. The predicted octanol–water partition coefficient (Wildman–Crippen LogP) is 37.9. The maximum absolute atomic E-state index is 10.4. The van der Waals surface area contributed by atoms with Crippen LogP contribution in [0.2, 0.25) is 0 Å². The quantitative estimate of drug-likeness (QED) is 0.204. The third kappa shape index (κ3) is 52.2. The maximum Gasteiger partial charge on any atom is 0.386 e. The summed E-state index contributed by atoms with van der Waals surface area (Å²) in [5.41, 5.74) is 28.0. The highest BCUT2D eigenvalue weighted by molar-refractivity contribution is 5.77. The van der Waals surface area contributed by atoms with Gasteiger partial charge in [0.1, 0.15) is 25.6 Å². The topological polar surface area (TPSA) is 27.7 Å². The Morgan fingerprint density at radius 1 is 0.239 bits per heavy atom. The normalized spacial score (nSPS) is 18.1. The Labute approximate surface area is 832 Å². The Balaban J connectivity index is 0.000000225. The van der Waals surface area contributed by atoms with Crippen LogP contribution in [-0.4, -0.2) is 26.0 Å². The molecule has 6 heteroatoms. The number of halogens is 3. The fraction of sp³-hybridized carbons (Fsp3) is 0.318. The lowest BCUT2D eigenvalue weighted by molar-refractivity contribution is -0.110. The van der Waals surface area contributed by atoms with Crippen molar-refractivity contribution in [1.29, 1.82) is 0 Å². The summed E-state index contributed by atoms with van der Waals surface area (Å²) in [6, 6.07) is 39.9. The number of hydrogen-bond acceptors (Lipinski definition) is 3. The van der Waals surface area contributed by atoms with Gasteiger partial charge in [0.25, 0.3) is 0 Å². The summed E-state index contributed by atoms with van der Waals surface area (Å²) in [7, 11) is 0. The van der Waals surface area contributed by atoms with E-state index in [-0.39, 0.29) is 6.92 Å². The van der Waals surface area contributed by atoms with Crippen molar-refractivity contribution in [3.63, 3.8) is 0 Å². The standard InChI is InChI=1S/C11H16.3C11H10.C9H8.C7H8O2.2C7H10.C6H6O.8C6H8.C2H3F3.C2H6/c4*1-2-6-10(7-3-1)11-8-4-5-9-11;1-2-5-9-7-3-6-8(9)4-1;1-2-6-7(3-1)9-5-4-8-6;2*1-6-4-3-5-7(6)2;1-2-5-4-7-6(5)3-1;8*1-6-4-2-3-5-6;1-2(3,4)5;1-2/h4,8-10H,1-3,5-7H2;3*1-4,6-9H,5H2;1-2,4-7H,3H2;2-3H,1,4-5H2;2*4-5H,3H2,1-2H3;2-3H,1,4H2;8*2,4-5H,3H2,1H3;1H3;1-2H3. The summed E-state index contributed by atoms with van der Waals surface area (Å²) in [6.45, 7) is 32.0. The zero-order valence-corrected chi connectivity index (χ0v) is 86.1. The van der Waals surface area contributed by atoms with Gasteiger partial charge in [-0.05, 0) is 279 Å². The number of rotatable bonds is 4. The lowest BCUT2D eigenvalue weighted by Gasteiger charge is -2.21. The van der Waals surface area contributed by atoms with Gasteiger partial charge in [0, 0.05) is 12.5 Å². The molecule has 2 aliphatic heterocycles. The first kappa shape index (κ1) is 114. The van der Waals surface area contributed by atoms with Gasteiger partial charge < -0.3 is 14.2 Å². The second kappa shape index (κ2) is 70.2. The van der Waals surface area contributed by atoms with Crippen molar-refractivity contribution < 1.29 is 27.4 Å². The molecule has 0 bridgehead atoms. The minimum Gasteiger partial charge on any atom is -0.489 e. The maximum atomic E-state index is 10.4. The number of fused-ring (bicyclic) bond motifs is 3. The fourth-order valence-electron chi connectivity index (χ4n) is 15.3. The molecule has 0 radical (unpaired) electrons. The van der Waals surface area contributed by atoms with Crippen LogP contribution in [0.1, 0.15) is 262 Å². The molecule has 4 aromatic rings.